The maximum atomic E-state index is 11.5. The first-order valence-electron chi connectivity index (χ1n) is 5.57. The van der Waals surface area contributed by atoms with Crippen LogP contribution in [0.3, 0.4) is 0 Å². The lowest BCUT2D eigenvalue weighted by atomic mass is 9.90. The second kappa shape index (κ2) is 5.05. The van der Waals surface area contributed by atoms with Crippen LogP contribution in [0.25, 0.3) is 0 Å². The Balaban J connectivity index is 1.81. The zero-order valence-electron chi connectivity index (χ0n) is 9.64. The molecule has 1 aliphatic rings. The van der Waals surface area contributed by atoms with Crippen LogP contribution in [0.15, 0.2) is 24.3 Å². The van der Waals surface area contributed by atoms with E-state index in [1.54, 1.807) is 31.4 Å². The number of carbonyl (C=O) groups is 1. The van der Waals surface area contributed by atoms with Gasteiger partial charge < -0.3 is 20.5 Å². The molecule has 0 unspecified atom stereocenters. The lowest BCUT2D eigenvalue weighted by molar-refractivity contribution is 0.0671. The van der Waals surface area contributed by atoms with Gasteiger partial charge >= 0.3 is 6.03 Å². The van der Waals surface area contributed by atoms with Crippen LogP contribution in [-0.2, 0) is 0 Å². The summed E-state index contributed by atoms with van der Waals surface area (Å²) in [4.78, 5) is 11.5. The first kappa shape index (κ1) is 11.7. The third-order valence-corrected chi connectivity index (χ3v) is 2.80. The number of hydrogen-bond donors (Lipinski definition) is 3. The van der Waals surface area contributed by atoms with Gasteiger partial charge in [0.25, 0.3) is 0 Å². The summed E-state index contributed by atoms with van der Waals surface area (Å²) in [6.45, 7) is 0. The van der Waals surface area contributed by atoms with Gasteiger partial charge in [-0.25, -0.2) is 4.79 Å². The normalized spacial score (nSPS) is 22.5. The van der Waals surface area contributed by atoms with Crippen LogP contribution in [0.4, 0.5) is 10.5 Å². The molecule has 0 spiro atoms. The Bertz CT molecular complexity index is 385. The van der Waals surface area contributed by atoms with Crippen LogP contribution < -0.4 is 15.4 Å². The van der Waals surface area contributed by atoms with Crippen LogP contribution in [0.1, 0.15) is 12.8 Å². The molecule has 1 aromatic carbocycles. The highest BCUT2D eigenvalue weighted by Crippen LogP contribution is 2.19. The Morgan fingerprint density at radius 2 is 2.00 bits per heavy atom. The standard InChI is InChI=1S/C12H16N2O3/c1-17-11-4-2-8(3-5-11)13-12(16)14-9-6-10(15)7-9/h2-5,9-10,15H,6-7H2,1H3,(H2,13,14,16). The number of aliphatic hydroxyl groups excluding tert-OH is 1. The van der Waals surface area contributed by atoms with E-state index in [9.17, 15) is 4.79 Å². The number of urea groups is 1. The Morgan fingerprint density at radius 3 is 2.53 bits per heavy atom. The van der Waals surface area contributed by atoms with Crippen LogP contribution >= 0.6 is 0 Å². The monoisotopic (exact) mass is 236 g/mol. The lowest BCUT2D eigenvalue weighted by Gasteiger charge is -2.31. The summed E-state index contributed by atoms with van der Waals surface area (Å²) in [5, 5.41) is 14.6. The molecule has 0 heterocycles. The Morgan fingerprint density at radius 1 is 1.35 bits per heavy atom. The fourth-order valence-electron chi connectivity index (χ4n) is 1.73. The summed E-state index contributed by atoms with van der Waals surface area (Å²) in [6, 6.07) is 6.95. The molecule has 5 nitrogen and oxygen atoms in total. The summed E-state index contributed by atoms with van der Waals surface area (Å²) in [5.74, 6) is 0.748. The van der Waals surface area contributed by atoms with Crippen molar-refractivity contribution >= 4 is 11.7 Å². The summed E-state index contributed by atoms with van der Waals surface area (Å²) in [6.07, 6.45) is 1.01. The number of benzene rings is 1. The molecule has 5 heteroatoms. The van der Waals surface area contributed by atoms with Gasteiger partial charge in [-0.15, -0.1) is 0 Å². The van der Waals surface area contributed by atoms with Gasteiger partial charge in [0, 0.05) is 11.7 Å². The number of carbonyl (C=O) groups excluding carboxylic acids is 1. The molecule has 2 rings (SSSR count). The number of aliphatic hydroxyl groups is 1. The van der Waals surface area contributed by atoms with Crippen molar-refractivity contribution in [3.8, 4) is 5.75 Å². The fraction of sp³-hybridized carbons (Fsp3) is 0.417. The number of ether oxygens (including phenoxy) is 1. The second-order valence-electron chi connectivity index (χ2n) is 4.15. The van der Waals surface area contributed by atoms with Crippen molar-refractivity contribution in [2.75, 3.05) is 12.4 Å². The van der Waals surface area contributed by atoms with Crippen molar-refractivity contribution in [2.24, 2.45) is 0 Å². The number of hydrogen-bond acceptors (Lipinski definition) is 3. The molecule has 1 aliphatic carbocycles. The lowest BCUT2D eigenvalue weighted by Crippen LogP contribution is -2.48. The first-order chi connectivity index (χ1) is 8.17. The highest BCUT2D eigenvalue weighted by molar-refractivity contribution is 5.89. The van der Waals surface area contributed by atoms with E-state index in [4.69, 9.17) is 9.84 Å². The van der Waals surface area contributed by atoms with Gasteiger partial charge in [0.2, 0.25) is 0 Å². The van der Waals surface area contributed by atoms with E-state index < -0.39 is 0 Å². The minimum absolute atomic E-state index is 0.0863. The minimum Gasteiger partial charge on any atom is -0.497 e. The molecule has 1 aromatic rings. The van der Waals surface area contributed by atoms with E-state index in [1.807, 2.05) is 0 Å². The van der Waals surface area contributed by atoms with Gasteiger partial charge in [-0.3, -0.25) is 0 Å². The number of rotatable bonds is 3. The smallest absolute Gasteiger partial charge is 0.319 e. The average Bonchev–Trinajstić information content (AvgIpc) is 2.28. The topological polar surface area (TPSA) is 70.6 Å². The van der Waals surface area contributed by atoms with Crippen molar-refractivity contribution in [3.63, 3.8) is 0 Å². The summed E-state index contributed by atoms with van der Waals surface area (Å²) in [7, 11) is 1.59. The molecular weight excluding hydrogens is 220 g/mol. The number of anilines is 1. The van der Waals surface area contributed by atoms with Crippen molar-refractivity contribution < 1.29 is 14.6 Å². The summed E-state index contributed by atoms with van der Waals surface area (Å²) in [5.41, 5.74) is 0.711. The van der Waals surface area contributed by atoms with Gasteiger partial charge in [0.15, 0.2) is 0 Å². The molecule has 0 aliphatic heterocycles. The molecule has 1 saturated carbocycles. The van der Waals surface area contributed by atoms with Crippen LogP contribution in [0, 0.1) is 0 Å². The molecule has 92 valence electrons. The van der Waals surface area contributed by atoms with Gasteiger partial charge in [-0.2, -0.15) is 0 Å². The Hall–Kier alpha value is -1.75. The zero-order valence-corrected chi connectivity index (χ0v) is 9.64. The molecule has 0 bridgehead atoms. The largest absolute Gasteiger partial charge is 0.497 e. The van der Waals surface area contributed by atoms with Gasteiger partial charge in [-0.1, -0.05) is 0 Å². The van der Waals surface area contributed by atoms with Gasteiger partial charge in [-0.05, 0) is 37.1 Å². The quantitative estimate of drug-likeness (QED) is 0.741. The van der Waals surface area contributed by atoms with E-state index in [-0.39, 0.29) is 18.2 Å². The summed E-state index contributed by atoms with van der Waals surface area (Å²) >= 11 is 0. The van der Waals surface area contributed by atoms with Crippen molar-refractivity contribution in [3.05, 3.63) is 24.3 Å². The van der Waals surface area contributed by atoms with E-state index in [0.717, 1.165) is 5.75 Å². The molecule has 1 fully saturated rings. The third kappa shape index (κ3) is 3.10. The number of nitrogens with one attached hydrogen (secondary N) is 2. The van der Waals surface area contributed by atoms with E-state index >= 15 is 0 Å². The average molecular weight is 236 g/mol. The van der Waals surface area contributed by atoms with E-state index in [1.165, 1.54) is 0 Å². The van der Waals surface area contributed by atoms with E-state index in [2.05, 4.69) is 10.6 Å². The molecule has 0 aromatic heterocycles. The molecule has 0 atom stereocenters. The highest BCUT2D eigenvalue weighted by atomic mass is 16.5. The van der Waals surface area contributed by atoms with Crippen molar-refractivity contribution in [1.29, 1.82) is 0 Å². The molecule has 0 saturated heterocycles. The number of methoxy groups -OCH3 is 1. The first-order valence-corrected chi connectivity index (χ1v) is 5.57. The predicted octanol–water partition coefficient (Wildman–Crippen LogP) is 1.34. The molecule has 3 N–H and O–H groups in total. The fourth-order valence-corrected chi connectivity index (χ4v) is 1.73. The van der Waals surface area contributed by atoms with E-state index in [0.29, 0.717) is 18.5 Å². The highest BCUT2D eigenvalue weighted by Gasteiger charge is 2.28. The molecule has 0 radical (unpaired) electrons. The maximum absolute atomic E-state index is 11.5. The Kier molecular flexibility index (Phi) is 3.49. The molecule has 2 amide bonds. The Labute approximate surface area is 99.8 Å². The zero-order chi connectivity index (χ0) is 12.3. The van der Waals surface area contributed by atoms with Gasteiger partial charge in [0.1, 0.15) is 5.75 Å². The van der Waals surface area contributed by atoms with Crippen LogP contribution in [0.2, 0.25) is 0 Å². The minimum atomic E-state index is -0.263. The number of amides is 2. The van der Waals surface area contributed by atoms with Gasteiger partial charge in [0.05, 0.1) is 13.2 Å². The SMILES string of the molecule is COc1ccc(NC(=O)NC2CC(O)C2)cc1. The third-order valence-electron chi connectivity index (χ3n) is 2.80. The molecule has 17 heavy (non-hydrogen) atoms. The summed E-state index contributed by atoms with van der Waals surface area (Å²) < 4.78 is 5.02. The second-order valence-corrected chi connectivity index (χ2v) is 4.15. The molecular formula is C12H16N2O3. The predicted molar refractivity (Wildman–Crippen MR) is 64.2 cm³/mol. The maximum Gasteiger partial charge on any atom is 0.319 e. The van der Waals surface area contributed by atoms with Crippen LogP contribution in [0.5, 0.6) is 5.75 Å². The van der Waals surface area contributed by atoms with Crippen LogP contribution in [-0.4, -0.2) is 30.4 Å². The van der Waals surface area contributed by atoms with Crippen molar-refractivity contribution in [1.82, 2.24) is 5.32 Å². The van der Waals surface area contributed by atoms with Crippen molar-refractivity contribution in [2.45, 2.75) is 25.0 Å².